The number of halogens is 2. The van der Waals surface area contributed by atoms with Crippen LogP contribution in [-0.4, -0.2) is 13.3 Å². The van der Waals surface area contributed by atoms with Crippen molar-refractivity contribution in [1.82, 2.24) is 0 Å². The van der Waals surface area contributed by atoms with E-state index in [2.05, 4.69) is 209 Å². The molecule has 0 radical (unpaired) electrons. The van der Waals surface area contributed by atoms with Gasteiger partial charge < -0.3 is 0 Å². The van der Waals surface area contributed by atoms with Gasteiger partial charge in [-0.15, -0.1) is 0 Å². The quantitative estimate of drug-likeness (QED) is 0.0943. The number of rotatable bonds is 4. The monoisotopic (exact) mass is 820 g/mol. The van der Waals surface area contributed by atoms with Gasteiger partial charge in [0.05, 0.1) is 0 Å². The molecule has 0 fully saturated rings. The summed E-state index contributed by atoms with van der Waals surface area (Å²) in [7, 11) is 0. The molecule has 0 aliphatic carbocycles. The minimum atomic E-state index is -1.99. The Balaban J connectivity index is 1.48. The van der Waals surface area contributed by atoms with Gasteiger partial charge in [0.25, 0.3) is 0 Å². The van der Waals surface area contributed by atoms with Crippen LogP contribution >= 0.6 is 46.0 Å². The summed E-state index contributed by atoms with van der Waals surface area (Å²) in [4.78, 5) is 0. The van der Waals surface area contributed by atoms with Crippen LogP contribution in [0.25, 0.3) is 76.5 Å². The van der Waals surface area contributed by atoms with Gasteiger partial charge >= 0.3 is 268 Å². The normalized spacial score (nSPS) is 12.9. The molecular formula is C42H31I2P. The molecule has 0 aromatic heterocycles. The molecule has 218 valence electrons. The van der Waals surface area contributed by atoms with Crippen molar-refractivity contribution in [2.75, 3.05) is 13.3 Å². The van der Waals surface area contributed by atoms with Crippen LogP contribution in [0, 0.1) is 0 Å². The van der Waals surface area contributed by atoms with Crippen LogP contribution in [0.15, 0.2) is 152 Å². The van der Waals surface area contributed by atoms with Gasteiger partial charge in [0.1, 0.15) is 0 Å². The summed E-state index contributed by atoms with van der Waals surface area (Å²) in [6.45, 7) is 4.82. The summed E-state index contributed by atoms with van der Waals surface area (Å²) in [5.74, 6) is 0. The van der Waals surface area contributed by atoms with Crippen molar-refractivity contribution in [3.05, 3.63) is 152 Å². The van der Waals surface area contributed by atoms with Gasteiger partial charge in [0.15, 0.2) is 0 Å². The van der Waals surface area contributed by atoms with E-state index in [4.69, 9.17) is 0 Å². The molecule has 0 aliphatic rings. The van der Waals surface area contributed by atoms with Gasteiger partial charge in [-0.25, -0.2) is 0 Å². The zero-order valence-corrected chi connectivity index (χ0v) is 30.3. The second kappa shape index (κ2) is 10.9. The molecule has 8 rings (SSSR count). The predicted molar refractivity (Wildman–Crippen MR) is 219 cm³/mol. The van der Waals surface area contributed by atoms with Crippen molar-refractivity contribution in [2.45, 2.75) is 0 Å². The summed E-state index contributed by atoms with van der Waals surface area (Å²) in [6.07, 6.45) is 0. The first-order valence-corrected chi connectivity index (χ1v) is 23.9. The molecule has 0 saturated heterocycles. The first kappa shape index (κ1) is 29.1. The SMILES string of the molecule is CP(C)(I)(I)c1cccc(-c2ccc3c(-c4ccc5ccccc5c4)c4ccccc4c(-c4ccc5ccccc5c4)c3c2)c1. The van der Waals surface area contributed by atoms with Crippen molar-refractivity contribution < 1.29 is 0 Å². The maximum absolute atomic E-state index is 2.69. The number of hydrogen-bond donors (Lipinski definition) is 0. The van der Waals surface area contributed by atoms with Crippen LogP contribution < -0.4 is 5.30 Å². The van der Waals surface area contributed by atoms with Gasteiger partial charge in [-0.3, -0.25) is 0 Å². The molecule has 8 aromatic rings. The molecule has 0 nitrogen and oxygen atoms in total. The molecule has 8 aromatic carbocycles. The van der Waals surface area contributed by atoms with Crippen molar-refractivity contribution in [1.29, 1.82) is 0 Å². The Morgan fingerprint density at radius 3 is 1.40 bits per heavy atom. The Kier molecular flexibility index (Phi) is 7.05. The molecule has 0 spiro atoms. The Hall–Kier alpha value is -3.31. The summed E-state index contributed by atoms with van der Waals surface area (Å²) in [5.41, 5.74) is 7.60. The van der Waals surface area contributed by atoms with Crippen LogP contribution in [0.1, 0.15) is 0 Å². The van der Waals surface area contributed by atoms with Gasteiger partial charge in [-0.05, 0) is 0 Å². The van der Waals surface area contributed by atoms with E-state index in [1.807, 2.05) is 0 Å². The van der Waals surface area contributed by atoms with Gasteiger partial charge in [-0.2, -0.15) is 0 Å². The molecular weight excluding hydrogens is 789 g/mol. The van der Waals surface area contributed by atoms with E-state index in [1.54, 1.807) is 0 Å². The van der Waals surface area contributed by atoms with Crippen molar-refractivity contribution >= 4 is 94.4 Å². The van der Waals surface area contributed by atoms with Crippen LogP contribution in [0.5, 0.6) is 0 Å². The summed E-state index contributed by atoms with van der Waals surface area (Å²) < 4.78 is -1.99. The fraction of sp³-hybridized carbons (Fsp3) is 0.0476. The third kappa shape index (κ3) is 5.35. The van der Waals surface area contributed by atoms with E-state index in [1.165, 1.54) is 81.8 Å². The Labute approximate surface area is 290 Å². The van der Waals surface area contributed by atoms with Gasteiger partial charge in [-0.1, -0.05) is 24.3 Å². The van der Waals surface area contributed by atoms with E-state index in [9.17, 15) is 0 Å². The first-order valence-electron chi connectivity index (χ1n) is 15.2. The van der Waals surface area contributed by atoms with Gasteiger partial charge in [0.2, 0.25) is 0 Å². The third-order valence-electron chi connectivity index (χ3n) is 8.99. The zero-order chi connectivity index (χ0) is 30.8. The van der Waals surface area contributed by atoms with Crippen molar-refractivity contribution in [3.63, 3.8) is 0 Å². The topological polar surface area (TPSA) is 0 Å². The molecule has 0 aliphatic heterocycles. The zero-order valence-electron chi connectivity index (χ0n) is 25.1. The van der Waals surface area contributed by atoms with E-state index in [0.717, 1.165) is 0 Å². The number of benzene rings is 8. The molecule has 45 heavy (non-hydrogen) atoms. The number of fused-ring (bicyclic) bond motifs is 4. The van der Waals surface area contributed by atoms with Crippen LogP contribution in [0.4, 0.5) is 0 Å². The van der Waals surface area contributed by atoms with Crippen molar-refractivity contribution in [3.8, 4) is 33.4 Å². The number of hydrogen-bond acceptors (Lipinski definition) is 0. The van der Waals surface area contributed by atoms with E-state index in [0.29, 0.717) is 0 Å². The predicted octanol–water partition coefficient (Wildman–Crippen LogP) is 13.4. The molecule has 0 amide bonds. The van der Waals surface area contributed by atoms with Gasteiger partial charge in [0, 0.05) is 0 Å². The fourth-order valence-corrected chi connectivity index (χ4v) is 9.53. The summed E-state index contributed by atoms with van der Waals surface area (Å²) in [5, 5.41) is 11.6. The Morgan fingerprint density at radius 1 is 0.356 bits per heavy atom. The fourth-order valence-electron chi connectivity index (χ4n) is 6.74. The molecule has 0 unspecified atom stereocenters. The van der Waals surface area contributed by atoms with Crippen LogP contribution in [-0.2, 0) is 0 Å². The van der Waals surface area contributed by atoms with Crippen LogP contribution in [0.3, 0.4) is 0 Å². The molecule has 0 saturated carbocycles. The Morgan fingerprint density at radius 2 is 0.822 bits per heavy atom. The molecule has 0 N–H and O–H groups in total. The van der Waals surface area contributed by atoms with E-state index < -0.39 is 1.89 Å². The molecule has 0 heterocycles. The standard InChI is InChI=1S/C42H31I2P/c1-45(2,43,44)36-15-9-14-32(26-36)33-22-23-39-40(27-33)42(35-21-19-29-11-4-6-13-31(29)25-35)38-17-8-7-16-37(38)41(39)34-20-18-28-10-3-5-12-30(28)24-34/h3-27H,1-2H3. The second-order valence-corrected chi connectivity index (χ2v) is 39.6. The summed E-state index contributed by atoms with van der Waals surface area (Å²) in [6, 6.07) is 56.5. The molecule has 0 bridgehead atoms. The Bertz CT molecular complexity index is 2440. The third-order valence-corrected chi connectivity index (χ3v) is 14.0. The van der Waals surface area contributed by atoms with E-state index >= 15 is 0 Å². The van der Waals surface area contributed by atoms with Crippen LogP contribution in [0.2, 0.25) is 0 Å². The summed E-state index contributed by atoms with van der Waals surface area (Å²) >= 11 is 5.38. The average molecular weight is 820 g/mol. The first-order chi connectivity index (χ1) is 21.7. The van der Waals surface area contributed by atoms with Crippen molar-refractivity contribution in [2.24, 2.45) is 0 Å². The van der Waals surface area contributed by atoms with E-state index in [-0.39, 0.29) is 0 Å². The minimum absolute atomic E-state index is 1.25. The average Bonchev–Trinajstić information content (AvgIpc) is 3.06. The molecule has 0 atom stereocenters. The second-order valence-electron chi connectivity index (χ2n) is 12.5. The molecule has 3 heteroatoms. The maximum atomic E-state index is 2.69.